The summed E-state index contributed by atoms with van der Waals surface area (Å²) in [6.07, 6.45) is 3.26. The summed E-state index contributed by atoms with van der Waals surface area (Å²) in [6.45, 7) is 6.37. The number of hydrogen-bond donors (Lipinski definition) is 0. The van der Waals surface area contributed by atoms with E-state index < -0.39 is 0 Å². The highest BCUT2D eigenvalue weighted by molar-refractivity contribution is 5.51. The van der Waals surface area contributed by atoms with Crippen LogP contribution in [-0.2, 0) is 6.54 Å². The molecule has 2 heterocycles. The van der Waals surface area contributed by atoms with Crippen LogP contribution < -0.4 is 4.90 Å². The number of rotatable bonds is 9. The highest BCUT2D eigenvalue weighted by Gasteiger charge is 2.29. The molecule has 32 heavy (non-hydrogen) atoms. The van der Waals surface area contributed by atoms with Crippen molar-refractivity contribution in [3.8, 4) is 0 Å². The van der Waals surface area contributed by atoms with Gasteiger partial charge in [-0.3, -0.25) is 15.0 Å². The van der Waals surface area contributed by atoms with Gasteiger partial charge in [0.2, 0.25) is 0 Å². The first kappa shape index (κ1) is 21.9. The monoisotopic (exact) mass is 435 g/mol. The van der Waals surface area contributed by atoms with Gasteiger partial charge in [-0.25, -0.2) is 4.68 Å². The number of benzene rings is 2. The van der Waals surface area contributed by atoms with E-state index in [1.807, 2.05) is 35.0 Å². The van der Waals surface area contributed by atoms with Gasteiger partial charge < -0.3 is 4.90 Å². The Kier molecular flexibility index (Phi) is 7.06. The summed E-state index contributed by atoms with van der Waals surface area (Å²) < 4.78 is 1.93. The second-order valence-electron chi connectivity index (χ2n) is 8.13. The maximum absolute atomic E-state index is 10.9. The first-order valence-electron chi connectivity index (χ1n) is 11.2. The molecule has 0 saturated carbocycles. The predicted octanol–water partition coefficient (Wildman–Crippen LogP) is 3.68. The van der Waals surface area contributed by atoms with Crippen molar-refractivity contribution in [1.29, 1.82) is 0 Å². The van der Waals surface area contributed by atoms with Crippen molar-refractivity contribution in [3.05, 3.63) is 76.1 Å². The first-order chi connectivity index (χ1) is 15.7. The Bertz CT molecular complexity index is 999. The van der Waals surface area contributed by atoms with Crippen LogP contribution in [0, 0.1) is 10.1 Å². The van der Waals surface area contributed by atoms with Crippen molar-refractivity contribution in [3.63, 3.8) is 0 Å². The van der Waals surface area contributed by atoms with Gasteiger partial charge in [0.15, 0.2) is 5.82 Å². The Morgan fingerprint density at radius 2 is 1.75 bits per heavy atom. The van der Waals surface area contributed by atoms with Crippen molar-refractivity contribution in [2.24, 2.45) is 0 Å². The zero-order valence-corrected chi connectivity index (χ0v) is 18.4. The molecule has 9 nitrogen and oxygen atoms in total. The number of tetrazole rings is 1. The van der Waals surface area contributed by atoms with Gasteiger partial charge in [0.25, 0.3) is 5.69 Å². The SMILES string of the molecule is CCCC[C@@H](c1nnnn1Cc1ccccc1)N1CCN(c2ccc([N+](=O)[O-])cc2)CC1. The van der Waals surface area contributed by atoms with Crippen LogP contribution in [0.5, 0.6) is 0 Å². The minimum atomic E-state index is -0.361. The van der Waals surface area contributed by atoms with Crippen molar-refractivity contribution in [2.45, 2.75) is 38.8 Å². The van der Waals surface area contributed by atoms with E-state index in [2.05, 4.69) is 44.4 Å². The lowest BCUT2D eigenvalue weighted by molar-refractivity contribution is -0.384. The van der Waals surface area contributed by atoms with E-state index >= 15 is 0 Å². The summed E-state index contributed by atoms with van der Waals surface area (Å²) in [6, 6.07) is 17.3. The Labute approximate surface area is 187 Å². The van der Waals surface area contributed by atoms with Crippen molar-refractivity contribution in [2.75, 3.05) is 31.1 Å². The molecule has 0 unspecified atom stereocenters. The van der Waals surface area contributed by atoms with E-state index in [1.165, 1.54) is 5.56 Å². The van der Waals surface area contributed by atoms with Gasteiger partial charge in [-0.15, -0.1) is 5.10 Å². The molecular formula is C23H29N7O2. The van der Waals surface area contributed by atoms with Gasteiger partial charge in [-0.05, 0) is 34.5 Å². The lowest BCUT2D eigenvalue weighted by Gasteiger charge is -2.39. The zero-order chi connectivity index (χ0) is 22.3. The van der Waals surface area contributed by atoms with Crippen LogP contribution in [0.25, 0.3) is 0 Å². The Hall–Kier alpha value is -3.33. The summed E-state index contributed by atoms with van der Waals surface area (Å²) in [7, 11) is 0. The van der Waals surface area contributed by atoms with E-state index in [0.717, 1.165) is 57.0 Å². The summed E-state index contributed by atoms with van der Waals surface area (Å²) in [4.78, 5) is 15.3. The van der Waals surface area contributed by atoms with E-state index in [1.54, 1.807) is 12.1 Å². The highest BCUT2D eigenvalue weighted by atomic mass is 16.6. The maximum Gasteiger partial charge on any atom is 0.269 e. The van der Waals surface area contributed by atoms with Crippen LogP contribution in [-0.4, -0.2) is 56.2 Å². The lowest BCUT2D eigenvalue weighted by Crippen LogP contribution is -2.48. The number of aromatic nitrogens is 4. The molecule has 168 valence electrons. The molecular weight excluding hydrogens is 406 g/mol. The first-order valence-corrected chi connectivity index (χ1v) is 11.2. The maximum atomic E-state index is 10.9. The Balaban J connectivity index is 1.46. The summed E-state index contributed by atoms with van der Waals surface area (Å²) in [5.41, 5.74) is 2.32. The highest BCUT2D eigenvalue weighted by Crippen LogP contribution is 2.28. The molecule has 1 aliphatic heterocycles. The van der Waals surface area contributed by atoms with E-state index in [9.17, 15) is 10.1 Å². The molecule has 0 bridgehead atoms. The number of anilines is 1. The number of nitrogens with zero attached hydrogens (tertiary/aromatic N) is 7. The largest absolute Gasteiger partial charge is 0.369 e. The molecule has 1 aliphatic rings. The molecule has 3 aromatic rings. The third kappa shape index (κ3) is 5.11. The molecule has 0 aliphatic carbocycles. The molecule has 0 spiro atoms. The molecule has 1 fully saturated rings. The minimum Gasteiger partial charge on any atom is -0.369 e. The van der Waals surface area contributed by atoms with Crippen LogP contribution in [0.4, 0.5) is 11.4 Å². The molecule has 1 atom stereocenters. The van der Waals surface area contributed by atoms with Crippen LogP contribution in [0.15, 0.2) is 54.6 Å². The van der Waals surface area contributed by atoms with Crippen molar-refractivity contribution >= 4 is 11.4 Å². The fourth-order valence-electron chi connectivity index (χ4n) is 4.27. The molecule has 2 aromatic carbocycles. The smallest absolute Gasteiger partial charge is 0.269 e. The fraction of sp³-hybridized carbons (Fsp3) is 0.435. The number of unbranched alkanes of at least 4 members (excludes halogenated alkanes) is 1. The zero-order valence-electron chi connectivity index (χ0n) is 18.4. The average molecular weight is 436 g/mol. The number of piperazine rings is 1. The number of nitro groups is 1. The number of hydrogen-bond acceptors (Lipinski definition) is 7. The topological polar surface area (TPSA) is 93.2 Å². The van der Waals surface area contributed by atoms with Gasteiger partial charge in [0.1, 0.15) is 0 Å². The molecule has 9 heteroatoms. The van der Waals surface area contributed by atoms with Gasteiger partial charge in [0.05, 0.1) is 17.5 Å². The van der Waals surface area contributed by atoms with Crippen LogP contribution >= 0.6 is 0 Å². The molecule has 1 saturated heterocycles. The standard InChI is InChI=1S/C23H29N7O2/c1-2-3-9-22(23-24-25-26-29(23)18-19-7-5-4-6-8-19)28-16-14-27(15-17-28)20-10-12-21(13-11-20)30(31)32/h4-8,10-13,22H,2-3,9,14-18H2,1H3/t22-/m0/s1. The number of nitro benzene ring substituents is 1. The molecule has 0 N–H and O–H groups in total. The van der Waals surface area contributed by atoms with Crippen LogP contribution in [0.1, 0.15) is 43.6 Å². The molecule has 4 rings (SSSR count). The van der Waals surface area contributed by atoms with E-state index in [4.69, 9.17) is 0 Å². The molecule has 1 aromatic heterocycles. The van der Waals surface area contributed by atoms with Crippen molar-refractivity contribution in [1.82, 2.24) is 25.1 Å². The predicted molar refractivity (Wildman–Crippen MR) is 123 cm³/mol. The second-order valence-corrected chi connectivity index (χ2v) is 8.13. The summed E-state index contributed by atoms with van der Waals surface area (Å²) in [5.74, 6) is 0.922. The number of non-ortho nitro benzene ring substituents is 1. The van der Waals surface area contributed by atoms with E-state index in [-0.39, 0.29) is 16.7 Å². The van der Waals surface area contributed by atoms with Gasteiger partial charge >= 0.3 is 0 Å². The normalized spacial score (nSPS) is 15.6. The van der Waals surface area contributed by atoms with Crippen molar-refractivity contribution < 1.29 is 4.92 Å². The average Bonchev–Trinajstić information content (AvgIpc) is 3.28. The van der Waals surface area contributed by atoms with Gasteiger partial charge in [0, 0.05) is 44.0 Å². The molecule has 0 amide bonds. The van der Waals surface area contributed by atoms with Gasteiger partial charge in [-0.2, -0.15) is 0 Å². The minimum absolute atomic E-state index is 0.122. The van der Waals surface area contributed by atoms with Gasteiger partial charge in [-0.1, -0.05) is 50.1 Å². The Morgan fingerprint density at radius 1 is 1.03 bits per heavy atom. The van der Waals surface area contributed by atoms with E-state index in [0.29, 0.717) is 6.54 Å². The second kappa shape index (κ2) is 10.3. The molecule has 0 radical (unpaired) electrons. The van der Waals surface area contributed by atoms with Crippen LogP contribution in [0.3, 0.4) is 0 Å². The quantitative estimate of drug-likeness (QED) is 0.374. The third-order valence-electron chi connectivity index (χ3n) is 6.04. The lowest BCUT2D eigenvalue weighted by atomic mass is 10.1. The third-order valence-corrected chi connectivity index (χ3v) is 6.04. The summed E-state index contributed by atoms with van der Waals surface area (Å²) in [5, 5.41) is 23.6. The summed E-state index contributed by atoms with van der Waals surface area (Å²) >= 11 is 0. The van der Waals surface area contributed by atoms with Crippen LogP contribution in [0.2, 0.25) is 0 Å². The Morgan fingerprint density at radius 3 is 2.41 bits per heavy atom. The fourth-order valence-corrected chi connectivity index (χ4v) is 4.27.